The van der Waals surface area contributed by atoms with Gasteiger partial charge < -0.3 is 4.90 Å². The van der Waals surface area contributed by atoms with Crippen molar-refractivity contribution in [3.05, 3.63) is 248 Å². The van der Waals surface area contributed by atoms with Gasteiger partial charge in [0.2, 0.25) is 0 Å². The predicted molar refractivity (Wildman–Crippen MR) is 273 cm³/mol. The Morgan fingerprint density at radius 3 is 1.39 bits per heavy atom. The Morgan fingerprint density at radius 2 is 0.734 bits per heavy atom. The molecule has 0 saturated carbocycles. The molecule has 0 bridgehead atoms. The standard InChI is InChI=1S/C63H45N/c1-63(2)59-40-48(43-18-7-4-8-19-43)34-38-54(59)55-39-37-50(41-60(55)63)64(49-35-32-46(33-36-49)45-30-28-44(29-31-45)42-16-5-3-6-17-42)62-58-26-14-12-24-53(58)52-23-11-13-25-57(52)61(62)56-27-15-21-47-20-9-10-22-51(47)56/h3-41H,1-2H3. The van der Waals surface area contributed by atoms with E-state index in [9.17, 15) is 0 Å². The van der Waals surface area contributed by atoms with Crippen LogP contribution in [-0.2, 0) is 5.41 Å². The molecule has 11 aromatic rings. The van der Waals surface area contributed by atoms with Crippen molar-refractivity contribution >= 4 is 49.4 Å². The molecule has 12 rings (SSSR count). The van der Waals surface area contributed by atoms with Crippen LogP contribution in [0.25, 0.3) is 88.0 Å². The molecule has 0 aromatic heterocycles. The van der Waals surface area contributed by atoms with E-state index < -0.39 is 0 Å². The molecule has 0 heterocycles. The summed E-state index contributed by atoms with van der Waals surface area (Å²) in [5, 5.41) is 7.39. The first-order valence-corrected chi connectivity index (χ1v) is 22.3. The van der Waals surface area contributed by atoms with Crippen LogP contribution in [0.4, 0.5) is 17.1 Å². The van der Waals surface area contributed by atoms with E-state index >= 15 is 0 Å². The molecule has 0 unspecified atom stereocenters. The molecule has 0 amide bonds. The van der Waals surface area contributed by atoms with Gasteiger partial charge in [-0.2, -0.15) is 0 Å². The summed E-state index contributed by atoms with van der Waals surface area (Å²) in [4.78, 5) is 2.54. The second-order valence-electron chi connectivity index (χ2n) is 17.6. The van der Waals surface area contributed by atoms with Gasteiger partial charge in [-0.15, -0.1) is 0 Å². The Hall–Kier alpha value is -8.00. The minimum atomic E-state index is -0.225. The Bertz CT molecular complexity index is 3540. The summed E-state index contributed by atoms with van der Waals surface area (Å²) < 4.78 is 0. The molecule has 1 aliphatic carbocycles. The van der Waals surface area contributed by atoms with Gasteiger partial charge in [0.25, 0.3) is 0 Å². The number of fused-ring (bicyclic) bond motifs is 7. The molecular formula is C63H45N. The predicted octanol–water partition coefficient (Wildman–Crippen LogP) is 17.6. The van der Waals surface area contributed by atoms with E-state index in [2.05, 4.69) is 255 Å². The monoisotopic (exact) mass is 815 g/mol. The summed E-state index contributed by atoms with van der Waals surface area (Å²) in [6.45, 7) is 4.79. The number of benzene rings is 11. The lowest BCUT2D eigenvalue weighted by Crippen LogP contribution is -2.17. The van der Waals surface area contributed by atoms with Crippen molar-refractivity contribution in [3.8, 4) is 55.6 Å². The summed E-state index contributed by atoms with van der Waals surface area (Å²) in [6, 6.07) is 87.3. The second-order valence-corrected chi connectivity index (χ2v) is 17.6. The van der Waals surface area contributed by atoms with Crippen LogP contribution in [0, 0.1) is 0 Å². The van der Waals surface area contributed by atoms with E-state index in [-0.39, 0.29) is 5.41 Å². The minimum absolute atomic E-state index is 0.225. The smallest absolute Gasteiger partial charge is 0.0625 e. The first kappa shape index (κ1) is 37.7. The number of nitrogens with zero attached hydrogens (tertiary/aromatic N) is 1. The highest BCUT2D eigenvalue weighted by Crippen LogP contribution is 2.54. The fraction of sp³-hybridized carbons (Fsp3) is 0.0476. The van der Waals surface area contributed by atoms with Crippen LogP contribution in [-0.4, -0.2) is 0 Å². The molecule has 64 heavy (non-hydrogen) atoms. The Labute approximate surface area is 375 Å². The highest BCUT2D eigenvalue weighted by atomic mass is 15.1. The molecule has 0 saturated heterocycles. The normalized spacial score (nSPS) is 12.7. The van der Waals surface area contributed by atoms with E-state index in [1.54, 1.807) is 0 Å². The fourth-order valence-electron chi connectivity index (χ4n) is 10.4. The van der Waals surface area contributed by atoms with Crippen LogP contribution in [0.15, 0.2) is 237 Å². The van der Waals surface area contributed by atoms with Crippen LogP contribution in [0.5, 0.6) is 0 Å². The van der Waals surface area contributed by atoms with Crippen LogP contribution >= 0.6 is 0 Å². The van der Waals surface area contributed by atoms with Crippen LogP contribution in [0.3, 0.4) is 0 Å². The summed E-state index contributed by atoms with van der Waals surface area (Å²) in [7, 11) is 0. The van der Waals surface area contributed by atoms with Gasteiger partial charge in [-0.3, -0.25) is 0 Å². The Morgan fingerprint density at radius 1 is 0.297 bits per heavy atom. The Kier molecular flexibility index (Phi) is 8.91. The summed E-state index contributed by atoms with van der Waals surface area (Å²) in [5.41, 5.74) is 18.2. The maximum absolute atomic E-state index is 2.54. The number of hydrogen-bond donors (Lipinski definition) is 0. The highest BCUT2D eigenvalue weighted by molar-refractivity contribution is 6.24. The van der Waals surface area contributed by atoms with E-state index in [0.29, 0.717) is 0 Å². The number of anilines is 3. The largest absolute Gasteiger partial charge is 0.309 e. The molecular weight excluding hydrogens is 771 g/mol. The summed E-state index contributed by atoms with van der Waals surface area (Å²) in [6.07, 6.45) is 0. The first-order valence-electron chi connectivity index (χ1n) is 22.3. The summed E-state index contributed by atoms with van der Waals surface area (Å²) in [5.74, 6) is 0. The van der Waals surface area contributed by atoms with Crippen molar-refractivity contribution in [2.24, 2.45) is 0 Å². The zero-order valence-electron chi connectivity index (χ0n) is 36.0. The lowest BCUT2D eigenvalue weighted by Gasteiger charge is -2.32. The van der Waals surface area contributed by atoms with E-state index in [1.165, 1.54) is 105 Å². The van der Waals surface area contributed by atoms with Gasteiger partial charge in [-0.1, -0.05) is 220 Å². The van der Waals surface area contributed by atoms with E-state index in [0.717, 1.165) is 11.4 Å². The van der Waals surface area contributed by atoms with Crippen LogP contribution < -0.4 is 4.90 Å². The molecule has 0 spiro atoms. The molecule has 0 atom stereocenters. The van der Waals surface area contributed by atoms with E-state index in [4.69, 9.17) is 0 Å². The topological polar surface area (TPSA) is 3.24 Å². The van der Waals surface area contributed by atoms with Crippen molar-refractivity contribution < 1.29 is 0 Å². The van der Waals surface area contributed by atoms with E-state index in [1.807, 2.05) is 0 Å². The van der Waals surface area contributed by atoms with Gasteiger partial charge in [0.1, 0.15) is 0 Å². The third-order valence-corrected chi connectivity index (χ3v) is 13.7. The van der Waals surface area contributed by atoms with Crippen molar-refractivity contribution in [1.82, 2.24) is 0 Å². The minimum Gasteiger partial charge on any atom is -0.309 e. The molecule has 11 aromatic carbocycles. The molecule has 302 valence electrons. The van der Waals surface area contributed by atoms with Gasteiger partial charge >= 0.3 is 0 Å². The van der Waals surface area contributed by atoms with Crippen LogP contribution in [0.1, 0.15) is 25.0 Å². The van der Waals surface area contributed by atoms with Gasteiger partial charge in [0, 0.05) is 27.7 Å². The number of hydrogen-bond acceptors (Lipinski definition) is 1. The van der Waals surface area contributed by atoms with Crippen LogP contribution in [0.2, 0.25) is 0 Å². The third kappa shape index (κ3) is 6.15. The quantitative estimate of drug-likeness (QED) is 0.145. The third-order valence-electron chi connectivity index (χ3n) is 13.7. The van der Waals surface area contributed by atoms with Gasteiger partial charge in [-0.05, 0) is 118 Å². The van der Waals surface area contributed by atoms with Crippen molar-refractivity contribution in [1.29, 1.82) is 0 Å². The van der Waals surface area contributed by atoms with Gasteiger partial charge in [-0.25, -0.2) is 0 Å². The Balaban J connectivity index is 1.09. The SMILES string of the molecule is CC1(C)c2cc(-c3ccccc3)ccc2-c2ccc(N(c3ccc(-c4ccc(-c5ccccc5)cc4)cc3)c3c(-c4cccc5ccccc45)c4ccccc4c4ccccc34)cc21. The fourth-order valence-corrected chi connectivity index (χ4v) is 10.4. The van der Waals surface area contributed by atoms with Gasteiger partial charge in [0.15, 0.2) is 0 Å². The van der Waals surface area contributed by atoms with Gasteiger partial charge in [0.05, 0.1) is 5.69 Å². The molecule has 0 radical (unpaired) electrons. The maximum Gasteiger partial charge on any atom is 0.0625 e. The average Bonchev–Trinajstić information content (AvgIpc) is 3.59. The molecule has 0 N–H and O–H groups in total. The molecule has 0 aliphatic heterocycles. The zero-order valence-corrected chi connectivity index (χ0v) is 36.0. The first-order chi connectivity index (χ1) is 31.5. The zero-order chi connectivity index (χ0) is 42.8. The lowest BCUT2D eigenvalue weighted by molar-refractivity contribution is 0.660. The number of rotatable bonds is 7. The second kappa shape index (κ2) is 15.1. The molecule has 0 fully saturated rings. The lowest BCUT2D eigenvalue weighted by atomic mass is 9.81. The summed E-state index contributed by atoms with van der Waals surface area (Å²) >= 11 is 0. The maximum atomic E-state index is 2.54. The molecule has 1 heteroatoms. The van der Waals surface area contributed by atoms with Crippen molar-refractivity contribution in [2.75, 3.05) is 4.90 Å². The average molecular weight is 816 g/mol. The molecule has 1 aliphatic rings. The highest BCUT2D eigenvalue weighted by Gasteiger charge is 2.37. The van der Waals surface area contributed by atoms with Crippen molar-refractivity contribution in [3.63, 3.8) is 0 Å². The van der Waals surface area contributed by atoms with Crippen molar-refractivity contribution in [2.45, 2.75) is 19.3 Å². The molecule has 1 nitrogen and oxygen atoms in total.